The molecule has 1 aromatic carbocycles. The van der Waals surface area contributed by atoms with E-state index < -0.39 is 27.1 Å². The molecule has 1 aromatic heterocycles. The van der Waals surface area contributed by atoms with Crippen LogP contribution in [0.5, 0.6) is 0 Å². The fraction of sp³-hybridized carbons (Fsp3) is 0.294. The zero-order valence-electron chi connectivity index (χ0n) is 14.2. The van der Waals surface area contributed by atoms with Crippen molar-refractivity contribution in [2.45, 2.75) is 26.2 Å². The number of hydrogen-bond acceptors (Lipinski definition) is 7. The van der Waals surface area contributed by atoms with Gasteiger partial charge in [0.05, 0.1) is 27.0 Å². The Morgan fingerprint density at radius 1 is 1.26 bits per heavy atom. The molecular weight excluding hydrogens is 372 g/mol. The third-order valence-electron chi connectivity index (χ3n) is 4.43. The van der Waals surface area contributed by atoms with Crippen molar-refractivity contribution in [3.8, 4) is 6.07 Å². The number of nitrogens with one attached hydrogen (secondary N) is 1. The number of carbonyl (C=O) groups is 1. The number of anilines is 1. The first-order chi connectivity index (χ1) is 12.8. The number of thiophene rings is 1. The van der Waals surface area contributed by atoms with Crippen molar-refractivity contribution in [2.75, 3.05) is 5.32 Å². The summed E-state index contributed by atoms with van der Waals surface area (Å²) >= 11 is 1.31. The first kappa shape index (κ1) is 18.5. The molecular formula is C17H14N4O5S. The summed E-state index contributed by atoms with van der Waals surface area (Å²) in [6.07, 6.45) is 2.59. The molecule has 2 aromatic rings. The molecule has 1 amide bonds. The van der Waals surface area contributed by atoms with Gasteiger partial charge < -0.3 is 5.32 Å². The van der Waals surface area contributed by atoms with Gasteiger partial charge >= 0.3 is 0 Å². The second-order valence-electron chi connectivity index (χ2n) is 6.37. The van der Waals surface area contributed by atoms with Gasteiger partial charge in [0.2, 0.25) is 0 Å². The third kappa shape index (κ3) is 3.63. The van der Waals surface area contributed by atoms with E-state index in [0.29, 0.717) is 16.5 Å². The molecule has 0 fully saturated rings. The molecule has 0 saturated heterocycles. The third-order valence-corrected chi connectivity index (χ3v) is 5.64. The fourth-order valence-electron chi connectivity index (χ4n) is 3.08. The van der Waals surface area contributed by atoms with Crippen molar-refractivity contribution in [2.24, 2.45) is 5.92 Å². The summed E-state index contributed by atoms with van der Waals surface area (Å²) < 4.78 is 0. The van der Waals surface area contributed by atoms with Crippen LogP contribution in [0, 0.1) is 37.5 Å². The van der Waals surface area contributed by atoms with Crippen LogP contribution in [0.4, 0.5) is 16.4 Å². The SMILES string of the molecule is CC1CCc2sc(NC(=O)c3cc([N+](=O)[O-])cc([N+](=O)[O-])c3)c(C#N)c2C1. The lowest BCUT2D eigenvalue weighted by molar-refractivity contribution is -0.394. The average molecular weight is 386 g/mol. The molecule has 1 heterocycles. The summed E-state index contributed by atoms with van der Waals surface area (Å²) in [7, 11) is 0. The highest BCUT2D eigenvalue weighted by atomic mass is 32.1. The molecule has 0 aliphatic heterocycles. The van der Waals surface area contributed by atoms with Crippen LogP contribution in [0.2, 0.25) is 0 Å². The standard InChI is InChI=1S/C17H14N4O5S/c1-9-2-3-15-13(4-9)14(8-18)17(27-15)19-16(22)10-5-11(20(23)24)7-12(6-10)21(25)26/h5-7,9H,2-4H2,1H3,(H,19,22). The maximum atomic E-state index is 12.5. The van der Waals surface area contributed by atoms with Crippen molar-refractivity contribution in [3.63, 3.8) is 0 Å². The second kappa shape index (κ2) is 7.13. The molecule has 0 radical (unpaired) electrons. The van der Waals surface area contributed by atoms with Gasteiger partial charge in [-0.1, -0.05) is 6.92 Å². The molecule has 0 bridgehead atoms. The molecule has 1 atom stereocenters. The van der Waals surface area contributed by atoms with E-state index in [2.05, 4.69) is 18.3 Å². The minimum Gasteiger partial charge on any atom is -0.312 e. The van der Waals surface area contributed by atoms with E-state index in [1.165, 1.54) is 11.3 Å². The zero-order chi connectivity index (χ0) is 19.7. The summed E-state index contributed by atoms with van der Waals surface area (Å²) in [6.45, 7) is 2.10. The molecule has 0 spiro atoms. The van der Waals surface area contributed by atoms with Gasteiger partial charge in [-0.05, 0) is 30.7 Å². The van der Waals surface area contributed by atoms with Gasteiger partial charge in [0, 0.05) is 17.0 Å². The smallest absolute Gasteiger partial charge is 0.277 e. The Labute approximate surface area is 157 Å². The molecule has 10 heteroatoms. The van der Waals surface area contributed by atoms with Crippen LogP contribution in [0.25, 0.3) is 0 Å². The lowest BCUT2D eigenvalue weighted by Gasteiger charge is -2.17. The summed E-state index contributed by atoms with van der Waals surface area (Å²) in [4.78, 5) is 34.0. The zero-order valence-corrected chi connectivity index (χ0v) is 15.0. The largest absolute Gasteiger partial charge is 0.312 e. The summed E-state index contributed by atoms with van der Waals surface area (Å²) in [5.41, 5.74) is 0.0271. The van der Waals surface area contributed by atoms with E-state index in [4.69, 9.17) is 0 Å². The van der Waals surface area contributed by atoms with E-state index in [0.717, 1.165) is 47.9 Å². The van der Waals surface area contributed by atoms with Crippen molar-refractivity contribution in [3.05, 3.63) is 60.0 Å². The Morgan fingerprint density at radius 2 is 1.89 bits per heavy atom. The van der Waals surface area contributed by atoms with Gasteiger partial charge in [-0.3, -0.25) is 25.0 Å². The van der Waals surface area contributed by atoms with Crippen LogP contribution in [0.3, 0.4) is 0 Å². The van der Waals surface area contributed by atoms with E-state index >= 15 is 0 Å². The molecule has 1 aliphatic carbocycles. The maximum Gasteiger partial charge on any atom is 0.277 e. The topological polar surface area (TPSA) is 139 Å². The predicted octanol–water partition coefficient (Wildman–Crippen LogP) is 3.81. The summed E-state index contributed by atoms with van der Waals surface area (Å²) in [5, 5.41) is 34.4. The Hall–Kier alpha value is -3.32. The van der Waals surface area contributed by atoms with Gasteiger partial charge in [-0.15, -0.1) is 11.3 Å². The normalized spacial score (nSPS) is 15.5. The van der Waals surface area contributed by atoms with E-state index in [-0.39, 0.29) is 5.56 Å². The minimum absolute atomic E-state index is 0.209. The minimum atomic E-state index is -0.796. The summed E-state index contributed by atoms with van der Waals surface area (Å²) in [6, 6.07) is 4.87. The number of nitrogens with zero attached hydrogens (tertiary/aromatic N) is 3. The highest BCUT2D eigenvalue weighted by Crippen LogP contribution is 2.39. The average Bonchev–Trinajstić information content (AvgIpc) is 2.97. The Bertz CT molecular complexity index is 975. The number of amides is 1. The first-order valence-corrected chi connectivity index (χ1v) is 8.91. The van der Waals surface area contributed by atoms with Crippen LogP contribution in [-0.4, -0.2) is 15.8 Å². The van der Waals surface area contributed by atoms with Crippen molar-refractivity contribution >= 4 is 33.6 Å². The lowest BCUT2D eigenvalue weighted by atomic mass is 9.88. The number of nitro benzene ring substituents is 2. The fourth-order valence-corrected chi connectivity index (χ4v) is 4.27. The van der Waals surface area contributed by atoms with E-state index in [9.17, 15) is 30.3 Å². The van der Waals surface area contributed by atoms with Crippen molar-refractivity contribution in [1.82, 2.24) is 0 Å². The quantitative estimate of drug-likeness (QED) is 0.626. The number of non-ortho nitro benzene ring substituents is 2. The molecule has 27 heavy (non-hydrogen) atoms. The molecule has 1 unspecified atom stereocenters. The van der Waals surface area contributed by atoms with Gasteiger partial charge in [-0.25, -0.2) is 0 Å². The van der Waals surface area contributed by atoms with Crippen LogP contribution in [-0.2, 0) is 12.8 Å². The van der Waals surface area contributed by atoms with Gasteiger partial charge in [0.15, 0.2) is 0 Å². The molecule has 1 N–H and O–H groups in total. The van der Waals surface area contributed by atoms with Gasteiger partial charge in [-0.2, -0.15) is 5.26 Å². The number of nitriles is 1. The highest BCUT2D eigenvalue weighted by Gasteiger charge is 2.26. The molecule has 138 valence electrons. The van der Waals surface area contributed by atoms with Crippen molar-refractivity contribution < 1.29 is 14.6 Å². The van der Waals surface area contributed by atoms with E-state index in [1.807, 2.05) is 0 Å². The first-order valence-electron chi connectivity index (χ1n) is 8.10. The van der Waals surface area contributed by atoms with Gasteiger partial charge in [0.25, 0.3) is 17.3 Å². The molecule has 1 aliphatic rings. The van der Waals surface area contributed by atoms with Crippen LogP contribution < -0.4 is 5.32 Å². The maximum absolute atomic E-state index is 12.5. The number of carbonyl (C=O) groups excluding carboxylic acids is 1. The van der Waals surface area contributed by atoms with E-state index in [1.54, 1.807) is 0 Å². The highest BCUT2D eigenvalue weighted by molar-refractivity contribution is 7.16. The van der Waals surface area contributed by atoms with Crippen LogP contribution >= 0.6 is 11.3 Å². The number of aryl methyl sites for hydroxylation is 1. The van der Waals surface area contributed by atoms with Crippen LogP contribution in [0.15, 0.2) is 18.2 Å². The Balaban J connectivity index is 1.96. The monoisotopic (exact) mass is 386 g/mol. The number of hydrogen-bond donors (Lipinski definition) is 1. The molecule has 3 rings (SSSR count). The van der Waals surface area contributed by atoms with Crippen molar-refractivity contribution in [1.29, 1.82) is 5.26 Å². The van der Waals surface area contributed by atoms with Gasteiger partial charge in [0.1, 0.15) is 11.1 Å². The molecule has 9 nitrogen and oxygen atoms in total. The second-order valence-corrected chi connectivity index (χ2v) is 7.48. The summed E-state index contributed by atoms with van der Waals surface area (Å²) in [5.74, 6) is -0.285. The number of rotatable bonds is 4. The lowest BCUT2D eigenvalue weighted by Crippen LogP contribution is -2.13. The van der Waals surface area contributed by atoms with Crippen LogP contribution in [0.1, 0.15) is 39.7 Å². The number of fused-ring (bicyclic) bond motifs is 1. The molecule has 0 saturated carbocycles. The number of benzene rings is 1. The predicted molar refractivity (Wildman–Crippen MR) is 97.9 cm³/mol. The number of nitro groups is 2. The Morgan fingerprint density at radius 3 is 2.44 bits per heavy atom. The Kier molecular flexibility index (Phi) is 4.87.